The van der Waals surface area contributed by atoms with Gasteiger partial charge in [0.15, 0.2) is 5.78 Å². The number of rotatable bonds is 3. The zero-order chi connectivity index (χ0) is 15.1. The van der Waals surface area contributed by atoms with Gasteiger partial charge in [0.05, 0.1) is 0 Å². The summed E-state index contributed by atoms with van der Waals surface area (Å²) in [4.78, 5) is 15.9. The maximum absolute atomic E-state index is 12.3. The maximum Gasteiger partial charge on any atom is 0.207 e. The minimum atomic E-state index is -0.0586. The molecule has 0 aliphatic rings. The number of nitriles is 1. The van der Waals surface area contributed by atoms with E-state index in [0.717, 1.165) is 10.8 Å². The summed E-state index contributed by atoms with van der Waals surface area (Å²) in [6, 6.07) is 13.5. The van der Waals surface area contributed by atoms with Gasteiger partial charge in [-0.05, 0) is 28.5 Å². The van der Waals surface area contributed by atoms with Crippen molar-refractivity contribution in [3.63, 3.8) is 0 Å². The first-order valence-corrected chi connectivity index (χ1v) is 8.22. The second kappa shape index (κ2) is 7.67. The summed E-state index contributed by atoms with van der Waals surface area (Å²) in [5.74, 6) is -0.0586. The van der Waals surface area contributed by atoms with Crippen LogP contribution in [0.2, 0.25) is 0 Å². The van der Waals surface area contributed by atoms with E-state index in [9.17, 15) is 4.79 Å². The van der Waals surface area contributed by atoms with Gasteiger partial charge in [0.1, 0.15) is 4.38 Å². The summed E-state index contributed by atoms with van der Waals surface area (Å²) in [5, 5.41) is 12.2. The number of carbonyl (C=O) groups excluding carboxylic acids is 1. The molecule has 2 aromatic carbocycles. The number of allylic oxidation sites excluding steroid dienone is 1. The fraction of sp³-hybridized carbons (Fsp3) is 0.0625. The van der Waals surface area contributed by atoms with Crippen LogP contribution in [0, 0.1) is 11.5 Å². The zero-order valence-electron chi connectivity index (χ0n) is 11.3. The Balaban J connectivity index is 2.20. The lowest BCUT2D eigenvalue weighted by Gasteiger charge is -2.02. The smallest absolute Gasteiger partial charge is 0.207 e. The third-order valence-electron chi connectivity index (χ3n) is 2.76. The lowest BCUT2D eigenvalue weighted by atomic mass is 10.0. The van der Waals surface area contributed by atoms with Crippen LogP contribution in [-0.4, -0.2) is 16.4 Å². The predicted octanol–water partition coefficient (Wildman–Crippen LogP) is 4.47. The Labute approximate surface area is 131 Å². The molecule has 0 atom stereocenters. The lowest BCUT2D eigenvalue weighted by Crippen LogP contribution is -1.95. The predicted molar refractivity (Wildman–Crippen MR) is 91.6 cm³/mol. The fourth-order valence-corrected chi connectivity index (χ4v) is 2.93. The number of aliphatic imine (C=N–C) groups is 1. The molecule has 5 heteroatoms. The van der Waals surface area contributed by atoms with Crippen LogP contribution in [0.3, 0.4) is 0 Å². The maximum atomic E-state index is 12.3. The van der Waals surface area contributed by atoms with Crippen molar-refractivity contribution < 1.29 is 4.79 Å². The summed E-state index contributed by atoms with van der Waals surface area (Å²) >= 11 is 2.64. The first kappa shape index (κ1) is 15.4. The van der Waals surface area contributed by atoms with Crippen LogP contribution >= 0.6 is 23.5 Å². The van der Waals surface area contributed by atoms with Crippen molar-refractivity contribution in [3.05, 3.63) is 59.5 Å². The molecular weight excluding hydrogens is 300 g/mol. The number of nitrogens with zero attached hydrogens (tertiary/aromatic N) is 2. The van der Waals surface area contributed by atoms with Gasteiger partial charge in [0.25, 0.3) is 0 Å². The number of thioether (sulfide) groups is 2. The molecule has 2 aromatic rings. The molecule has 2 rings (SSSR count). The monoisotopic (exact) mass is 312 g/mol. The molecule has 0 radical (unpaired) electrons. The van der Waals surface area contributed by atoms with E-state index in [-0.39, 0.29) is 5.78 Å². The molecule has 0 fully saturated rings. The van der Waals surface area contributed by atoms with Crippen molar-refractivity contribution in [2.24, 2.45) is 4.99 Å². The number of hydrogen-bond acceptors (Lipinski definition) is 5. The molecule has 0 N–H and O–H groups in total. The Bertz CT molecular complexity index is 755. The topological polar surface area (TPSA) is 53.2 Å². The first-order valence-electron chi connectivity index (χ1n) is 6.12. The summed E-state index contributed by atoms with van der Waals surface area (Å²) in [6.07, 6.45) is 5.09. The number of hydrogen-bond donors (Lipinski definition) is 0. The third-order valence-corrected chi connectivity index (χ3v) is 4.55. The minimum Gasteiger partial charge on any atom is -0.289 e. The highest BCUT2D eigenvalue weighted by Crippen LogP contribution is 2.20. The Morgan fingerprint density at radius 1 is 1.24 bits per heavy atom. The van der Waals surface area contributed by atoms with Gasteiger partial charge in [-0.3, -0.25) is 4.79 Å². The van der Waals surface area contributed by atoms with Crippen LogP contribution in [0.4, 0.5) is 0 Å². The highest BCUT2D eigenvalue weighted by molar-refractivity contribution is 8.39. The van der Waals surface area contributed by atoms with Crippen LogP contribution in [0.1, 0.15) is 10.4 Å². The van der Waals surface area contributed by atoms with Crippen LogP contribution in [0.15, 0.2) is 58.9 Å². The highest BCUT2D eigenvalue weighted by Gasteiger charge is 2.06. The minimum absolute atomic E-state index is 0.0586. The van der Waals surface area contributed by atoms with Gasteiger partial charge in [-0.15, -0.1) is 11.8 Å². The van der Waals surface area contributed by atoms with E-state index in [1.165, 1.54) is 29.6 Å². The molecule has 0 bridgehead atoms. The van der Waals surface area contributed by atoms with E-state index in [2.05, 4.69) is 4.99 Å². The quantitative estimate of drug-likeness (QED) is 0.276. The second-order valence-corrected chi connectivity index (χ2v) is 5.94. The SMILES string of the molecule is CSC(=NC#N)S/C=C/C(=O)c1cccc2ccccc12. The molecule has 0 spiro atoms. The summed E-state index contributed by atoms with van der Waals surface area (Å²) in [7, 11) is 0. The molecular formula is C16H12N2OS2. The molecule has 0 unspecified atom stereocenters. The number of carbonyl (C=O) groups is 1. The number of fused-ring (bicyclic) bond motifs is 1. The Morgan fingerprint density at radius 3 is 2.76 bits per heavy atom. The third kappa shape index (κ3) is 3.97. The molecule has 0 aromatic heterocycles. The van der Waals surface area contributed by atoms with E-state index >= 15 is 0 Å². The molecule has 0 saturated carbocycles. The molecule has 104 valence electrons. The van der Waals surface area contributed by atoms with Gasteiger partial charge in [-0.2, -0.15) is 10.3 Å². The van der Waals surface area contributed by atoms with Crippen LogP contribution < -0.4 is 0 Å². The molecule has 0 aliphatic heterocycles. The first-order chi connectivity index (χ1) is 10.3. The van der Waals surface area contributed by atoms with Crippen molar-refractivity contribution >= 4 is 44.5 Å². The molecule has 0 amide bonds. The van der Waals surface area contributed by atoms with E-state index in [1.807, 2.05) is 48.7 Å². The van der Waals surface area contributed by atoms with Gasteiger partial charge in [-0.25, -0.2) is 0 Å². The Hall–Kier alpha value is -2.03. The van der Waals surface area contributed by atoms with E-state index in [1.54, 1.807) is 11.6 Å². The van der Waals surface area contributed by atoms with Crippen LogP contribution in [0.5, 0.6) is 0 Å². The second-order valence-electron chi connectivity index (χ2n) is 3.99. The molecule has 0 heterocycles. The molecule has 0 aliphatic carbocycles. The molecule has 21 heavy (non-hydrogen) atoms. The van der Waals surface area contributed by atoms with Crippen LogP contribution in [-0.2, 0) is 0 Å². The van der Waals surface area contributed by atoms with Gasteiger partial charge in [0, 0.05) is 5.56 Å². The van der Waals surface area contributed by atoms with Gasteiger partial charge in [-0.1, -0.05) is 54.2 Å². The molecule has 3 nitrogen and oxygen atoms in total. The van der Waals surface area contributed by atoms with Crippen LogP contribution in [0.25, 0.3) is 10.8 Å². The zero-order valence-corrected chi connectivity index (χ0v) is 12.9. The normalized spacial score (nSPS) is 11.7. The molecule has 0 saturated heterocycles. The van der Waals surface area contributed by atoms with Crippen molar-refractivity contribution in [2.75, 3.05) is 6.26 Å². The van der Waals surface area contributed by atoms with Gasteiger partial charge in [0.2, 0.25) is 6.19 Å². The number of ketones is 1. The van der Waals surface area contributed by atoms with E-state index in [4.69, 9.17) is 5.26 Å². The summed E-state index contributed by atoms with van der Waals surface area (Å²) in [5.41, 5.74) is 0.674. The van der Waals surface area contributed by atoms with Crippen molar-refractivity contribution in [2.45, 2.75) is 0 Å². The van der Waals surface area contributed by atoms with Gasteiger partial charge >= 0.3 is 0 Å². The van der Waals surface area contributed by atoms with Crippen molar-refractivity contribution in [3.8, 4) is 6.19 Å². The van der Waals surface area contributed by atoms with Gasteiger partial charge < -0.3 is 0 Å². The average Bonchev–Trinajstić information content (AvgIpc) is 2.53. The van der Waals surface area contributed by atoms with E-state index < -0.39 is 0 Å². The standard InChI is InChI=1S/C16H12N2OS2/c1-20-16(18-11-17)21-10-9-15(19)14-8-4-6-12-5-2-3-7-13(12)14/h2-10H,1H3/b10-9+,18-16?. The lowest BCUT2D eigenvalue weighted by molar-refractivity contribution is 0.104. The summed E-state index contributed by atoms with van der Waals surface area (Å²) < 4.78 is 0.611. The Kier molecular flexibility index (Phi) is 5.61. The average molecular weight is 312 g/mol. The number of benzene rings is 2. The van der Waals surface area contributed by atoms with Crippen molar-refractivity contribution in [1.82, 2.24) is 0 Å². The largest absolute Gasteiger partial charge is 0.289 e. The van der Waals surface area contributed by atoms with E-state index in [0.29, 0.717) is 9.94 Å². The van der Waals surface area contributed by atoms with Crippen molar-refractivity contribution in [1.29, 1.82) is 5.26 Å². The summed E-state index contributed by atoms with van der Waals surface area (Å²) in [6.45, 7) is 0. The highest BCUT2D eigenvalue weighted by atomic mass is 32.2. The fourth-order valence-electron chi connectivity index (χ4n) is 1.85. The Morgan fingerprint density at radius 2 is 2.00 bits per heavy atom.